The van der Waals surface area contributed by atoms with Gasteiger partial charge in [-0.1, -0.05) is 71.1 Å². The van der Waals surface area contributed by atoms with E-state index in [4.69, 9.17) is 0 Å². The van der Waals surface area contributed by atoms with E-state index in [1.54, 1.807) is 0 Å². The summed E-state index contributed by atoms with van der Waals surface area (Å²) < 4.78 is 1.14. The summed E-state index contributed by atoms with van der Waals surface area (Å²) in [6, 6.07) is 0. The van der Waals surface area contributed by atoms with E-state index >= 15 is 0 Å². The van der Waals surface area contributed by atoms with Gasteiger partial charge in [0.05, 0.1) is 26.2 Å². The summed E-state index contributed by atoms with van der Waals surface area (Å²) in [6.45, 7) is 10.7. The number of hydrogen-bond acceptors (Lipinski definition) is 0. The van der Waals surface area contributed by atoms with E-state index < -0.39 is 0 Å². The van der Waals surface area contributed by atoms with Crippen molar-refractivity contribution in [2.75, 3.05) is 20.6 Å². The molecule has 0 N–H and O–H groups in total. The van der Waals surface area contributed by atoms with Crippen LogP contribution in [0.5, 0.6) is 0 Å². The van der Waals surface area contributed by atoms with Gasteiger partial charge in [0.2, 0.25) is 0 Å². The monoisotopic (exact) mass is 377 g/mol. The molecule has 0 unspecified atom stereocenters. The molecule has 0 aromatic rings. The quantitative estimate of drug-likeness (QED) is 0.340. The maximum atomic E-state index is 2.37. The Hall–Kier alpha value is 0.440. The van der Waals surface area contributed by atoms with Gasteiger partial charge < -0.3 is 21.5 Å². The normalized spacial score (nSPS) is 12.3. The van der Waals surface area contributed by atoms with Crippen molar-refractivity contribution in [3.63, 3.8) is 0 Å². The minimum Gasteiger partial charge on any atom is -1.00 e. The zero-order valence-corrected chi connectivity index (χ0v) is 18.1. The lowest BCUT2D eigenvalue weighted by atomic mass is 10.0. The van der Waals surface area contributed by atoms with Gasteiger partial charge in [-0.2, -0.15) is 0 Å². The van der Waals surface area contributed by atoms with E-state index in [2.05, 4.69) is 41.8 Å². The SMILES string of the molecule is CCCCCCCCCCCCCC[N+](C)(C)C(C)(C)C.[Br-]. The third kappa shape index (κ3) is 12.9. The highest BCUT2D eigenvalue weighted by molar-refractivity contribution is 4.60. The molecule has 0 saturated heterocycles. The minimum absolute atomic E-state index is 0. The molecule has 1 nitrogen and oxygen atoms in total. The molecule has 2 heteroatoms. The van der Waals surface area contributed by atoms with Gasteiger partial charge >= 0.3 is 0 Å². The summed E-state index contributed by atoms with van der Waals surface area (Å²) in [6.07, 6.45) is 17.3. The zero-order chi connectivity index (χ0) is 16.2. The van der Waals surface area contributed by atoms with Crippen LogP contribution in [0.1, 0.15) is 105 Å². The van der Waals surface area contributed by atoms with Crippen LogP contribution in [0.15, 0.2) is 0 Å². The van der Waals surface area contributed by atoms with Crippen LogP contribution in [0.25, 0.3) is 0 Å². The van der Waals surface area contributed by atoms with E-state index in [9.17, 15) is 0 Å². The van der Waals surface area contributed by atoms with E-state index in [1.165, 1.54) is 83.6 Å². The Morgan fingerprint density at radius 3 is 1.23 bits per heavy atom. The molecule has 0 aromatic heterocycles. The Bertz CT molecular complexity index is 230. The Morgan fingerprint density at radius 2 is 0.909 bits per heavy atom. The fourth-order valence-corrected chi connectivity index (χ4v) is 2.68. The van der Waals surface area contributed by atoms with Crippen molar-refractivity contribution in [3.8, 4) is 0 Å². The van der Waals surface area contributed by atoms with Gasteiger partial charge in [-0.25, -0.2) is 0 Å². The molecule has 0 heterocycles. The van der Waals surface area contributed by atoms with Crippen LogP contribution in [0.3, 0.4) is 0 Å². The predicted octanol–water partition coefficient (Wildman–Crippen LogP) is 3.57. The zero-order valence-electron chi connectivity index (χ0n) is 16.5. The second kappa shape index (κ2) is 13.8. The van der Waals surface area contributed by atoms with Crippen LogP contribution in [0.4, 0.5) is 0 Å². The lowest BCUT2D eigenvalue weighted by Gasteiger charge is -2.42. The third-order valence-electron chi connectivity index (χ3n) is 5.39. The maximum absolute atomic E-state index is 2.37. The first-order valence-electron chi connectivity index (χ1n) is 9.64. The van der Waals surface area contributed by atoms with Crippen LogP contribution in [-0.4, -0.2) is 30.7 Å². The summed E-state index contributed by atoms with van der Waals surface area (Å²) in [5.74, 6) is 0. The summed E-state index contributed by atoms with van der Waals surface area (Å²) in [5.41, 5.74) is 0.373. The molecular formula is C20H44BrN. The van der Waals surface area contributed by atoms with Crippen molar-refractivity contribution < 1.29 is 21.5 Å². The van der Waals surface area contributed by atoms with Crippen molar-refractivity contribution in [1.82, 2.24) is 0 Å². The summed E-state index contributed by atoms with van der Waals surface area (Å²) >= 11 is 0. The van der Waals surface area contributed by atoms with Crippen LogP contribution < -0.4 is 17.0 Å². The average molecular weight is 378 g/mol. The molecule has 0 aromatic carbocycles. The lowest BCUT2D eigenvalue weighted by molar-refractivity contribution is -0.935. The van der Waals surface area contributed by atoms with Crippen molar-refractivity contribution in [3.05, 3.63) is 0 Å². The van der Waals surface area contributed by atoms with Gasteiger partial charge in [0, 0.05) is 0 Å². The van der Waals surface area contributed by atoms with Gasteiger partial charge in [-0.3, -0.25) is 0 Å². The van der Waals surface area contributed by atoms with E-state index in [-0.39, 0.29) is 17.0 Å². The van der Waals surface area contributed by atoms with Gasteiger partial charge in [-0.05, 0) is 33.6 Å². The van der Waals surface area contributed by atoms with Crippen molar-refractivity contribution in [2.45, 2.75) is 110 Å². The number of hydrogen-bond donors (Lipinski definition) is 0. The Labute approximate surface area is 152 Å². The van der Waals surface area contributed by atoms with Crippen LogP contribution in [0, 0.1) is 0 Å². The van der Waals surface area contributed by atoms with Gasteiger partial charge in [0.1, 0.15) is 0 Å². The van der Waals surface area contributed by atoms with E-state index in [0.29, 0.717) is 5.54 Å². The first kappa shape index (κ1) is 24.7. The molecule has 0 atom stereocenters. The number of rotatable bonds is 13. The van der Waals surface area contributed by atoms with Gasteiger partial charge in [0.15, 0.2) is 0 Å². The summed E-state index contributed by atoms with van der Waals surface area (Å²) in [5, 5.41) is 0. The molecule has 0 spiro atoms. The second-order valence-corrected chi connectivity index (χ2v) is 8.47. The van der Waals surface area contributed by atoms with E-state index in [0.717, 1.165) is 4.48 Å². The number of halogens is 1. The molecule has 0 aliphatic rings. The summed E-state index contributed by atoms with van der Waals surface area (Å²) in [4.78, 5) is 0. The van der Waals surface area contributed by atoms with Crippen LogP contribution in [0.2, 0.25) is 0 Å². The first-order chi connectivity index (χ1) is 9.81. The van der Waals surface area contributed by atoms with Gasteiger partial charge in [0.25, 0.3) is 0 Å². The molecule has 136 valence electrons. The van der Waals surface area contributed by atoms with Crippen molar-refractivity contribution in [1.29, 1.82) is 0 Å². The van der Waals surface area contributed by atoms with Crippen LogP contribution >= 0.6 is 0 Å². The molecule has 22 heavy (non-hydrogen) atoms. The molecule has 0 saturated carbocycles. The average Bonchev–Trinajstić information content (AvgIpc) is 2.38. The molecule has 0 fully saturated rings. The predicted molar refractivity (Wildman–Crippen MR) is 97.8 cm³/mol. The molecule has 0 amide bonds. The largest absolute Gasteiger partial charge is 1.00 e. The highest BCUT2D eigenvalue weighted by atomic mass is 79.9. The Balaban J connectivity index is 0. The van der Waals surface area contributed by atoms with Crippen molar-refractivity contribution >= 4 is 0 Å². The fourth-order valence-electron chi connectivity index (χ4n) is 2.68. The minimum atomic E-state index is 0. The molecule has 0 rings (SSSR count). The van der Waals surface area contributed by atoms with E-state index in [1.807, 2.05) is 0 Å². The molecule has 0 aliphatic carbocycles. The molecule has 0 bridgehead atoms. The Morgan fingerprint density at radius 1 is 0.591 bits per heavy atom. The first-order valence-corrected chi connectivity index (χ1v) is 9.64. The smallest absolute Gasteiger partial charge is 0.0903 e. The molecular weight excluding hydrogens is 334 g/mol. The highest BCUT2D eigenvalue weighted by Crippen LogP contribution is 2.20. The Kier molecular flexibility index (Phi) is 15.5. The topological polar surface area (TPSA) is 0 Å². The fraction of sp³-hybridized carbons (Fsp3) is 1.00. The van der Waals surface area contributed by atoms with Gasteiger partial charge in [-0.15, -0.1) is 0 Å². The molecule has 0 aliphatic heterocycles. The van der Waals surface area contributed by atoms with Crippen molar-refractivity contribution in [2.24, 2.45) is 0 Å². The second-order valence-electron chi connectivity index (χ2n) is 8.47. The van der Waals surface area contributed by atoms with Crippen LogP contribution in [-0.2, 0) is 0 Å². The molecule has 0 radical (unpaired) electrons. The third-order valence-corrected chi connectivity index (χ3v) is 5.39. The summed E-state index contributed by atoms with van der Waals surface area (Å²) in [7, 11) is 4.75. The highest BCUT2D eigenvalue weighted by Gasteiger charge is 2.30. The maximum Gasteiger partial charge on any atom is 0.0903 e. The number of nitrogens with zero attached hydrogens (tertiary/aromatic N) is 1. The number of unbranched alkanes of at least 4 members (excludes halogenated alkanes) is 11. The number of quaternary nitrogens is 1. The standard InChI is InChI=1S/C20H44N.BrH/c1-7-8-9-10-11-12-13-14-15-16-17-18-19-21(5,6)20(2,3)4;/h7-19H2,1-6H3;1H/q+1;/p-1. The lowest BCUT2D eigenvalue weighted by Crippen LogP contribution is -3.00.